The van der Waals surface area contributed by atoms with Crippen LogP contribution in [0, 0.1) is 0 Å². The van der Waals surface area contributed by atoms with Crippen molar-refractivity contribution >= 4 is 11.8 Å². The maximum Gasteiger partial charge on any atom is 0.192 e. The summed E-state index contributed by atoms with van der Waals surface area (Å²) >= 11 is 1.73. The molecule has 0 radical (unpaired) electrons. The largest absolute Gasteiger partial charge is 0.299 e. The molecule has 1 aromatic heterocycles. The summed E-state index contributed by atoms with van der Waals surface area (Å²) in [4.78, 5) is 0. The highest BCUT2D eigenvalue weighted by Crippen LogP contribution is 2.35. The van der Waals surface area contributed by atoms with Gasteiger partial charge in [-0.3, -0.25) is 4.57 Å². The molecule has 1 aromatic carbocycles. The Kier molecular flexibility index (Phi) is 4.76. The summed E-state index contributed by atoms with van der Waals surface area (Å²) in [6.45, 7) is 3.80. The molecule has 2 aromatic rings. The lowest BCUT2D eigenvalue weighted by molar-refractivity contribution is 0.339. The Morgan fingerprint density at radius 1 is 1.14 bits per heavy atom. The van der Waals surface area contributed by atoms with Crippen LogP contribution in [0.1, 0.15) is 38.1 Å². The van der Waals surface area contributed by atoms with Crippen molar-refractivity contribution in [1.29, 1.82) is 0 Å². The summed E-state index contributed by atoms with van der Waals surface area (Å²) in [5, 5.41) is 9.93. The van der Waals surface area contributed by atoms with Crippen LogP contribution in [-0.4, -0.2) is 20.5 Å². The summed E-state index contributed by atoms with van der Waals surface area (Å²) in [5.74, 6) is 1.88. The molecule has 21 heavy (non-hydrogen) atoms. The minimum absolute atomic E-state index is 0.538. The number of hydrogen-bond donors (Lipinski definition) is 0. The molecular weight excluding hydrogens is 278 g/mol. The third kappa shape index (κ3) is 3.21. The first kappa shape index (κ1) is 14.4. The van der Waals surface area contributed by atoms with Gasteiger partial charge in [0.25, 0.3) is 0 Å². The fourth-order valence-electron chi connectivity index (χ4n) is 2.96. The van der Waals surface area contributed by atoms with E-state index in [9.17, 15) is 0 Å². The molecule has 3 rings (SSSR count). The lowest BCUT2D eigenvalue weighted by Gasteiger charge is -2.25. The fraction of sp³-hybridized carbons (Fsp3) is 0.412. The summed E-state index contributed by atoms with van der Waals surface area (Å²) in [6, 6.07) is 10.9. The minimum atomic E-state index is 0.538. The first-order valence-corrected chi connectivity index (χ1v) is 8.62. The van der Waals surface area contributed by atoms with Gasteiger partial charge in [0.05, 0.1) is 0 Å². The van der Waals surface area contributed by atoms with Gasteiger partial charge in [-0.15, -0.1) is 16.8 Å². The lowest BCUT2D eigenvalue weighted by atomic mass is 9.95. The highest BCUT2D eigenvalue weighted by atomic mass is 32.2. The SMILES string of the molecule is C=CCSc1nnc(-c2ccccc2)n1C1CCCCC1. The Morgan fingerprint density at radius 3 is 2.62 bits per heavy atom. The molecule has 1 fully saturated rings. The van der Waals surface area contributed by atoms with Gasteiger partial charge in [0.2, 0.25) is 0 Å². The maximum atomic E-state index is 4.47. The highest BCUT2D eigenvalue weighted by Gasteiger charge is 2.23. The number of hydrogen-bond acceptors (Lipinski definition) is 3. The molecule has 0 saturated heterocycles. The summed E-state index contributed by atoms with van der Waals surface area (Å²) in [5.41, 5.74) is 1.15. The Labute approximate surface area is 130 Å². The van der Waals surface area contributed by atoms with Crippen LogP contribution in [-0.2, 0) is 0 Å². The number of thioether (sulfide) groups is 1. The molecule has 0 N–H and O–H groups in total. The van der Waals surface area contributed by atoms with Crippen LogP contribution < -0.4 is 0 Å². The predicted molar refractivity (Wildman–Crippen MR) is 88.5 cm³/mol. The topological polar surface area (TPSA) is 30.7 Å². The van der Waals surface area contributed by atoms with Gasteiger partial charge in [0, 0.05) is 17.4 Å². The Hall–Kier alpha value is -1.55. The second-order valence-electron chi connectivity index (χ2n) is 5.43. The Balaban J connectivity index is 1.99. The van der Waals surface area contributed by atoms with Gasteiger partial charge in [0.15, 0.2) is 11.0 Å². The maximum absolute atomic E-state index is 4.47. The fourth-order valence-corrected chi connectivity index (χ4v) is 3.70. The van der Waals surface area contributed by atoms with E-state index >= 15 is 0 Å². The van der Waals surface area contributed by atoms with E-state index < -0.39 is 0 Å². The molecule has 0 amide bonds. The summed E-state index contributed by atoms with van der Waals surface area (Å²) in [7, 11) is 0. The molecule has 1 aliphatic rings. The van der Waals surface area contributed by atoms with Crippen molar-refractivity contribution in [3.05, 3.63) is 43.0 Å². The van der Waals surface area contributed by atoms with Crippen molar-refractivity contribution in [2.24, 2.45) is 0 Å². The van der Waals surface area contributed by atoms with E-state index in [1.807, 2.05) is 12.1 Å². The molecule has 110 valence electrons. The van der Waals surface area contributed by atoms with Crippen molar-refractivity contribution in [2.45, 2.75) is 43.3 Å². The molecule has 0 unspecified atom stereocenters. The van der Waals surface area contributed by atoms with Crippen molar-refractivity contribution in [3.8, 4) is 11.4 Å². The van der Waals surface area contributed by atoms with E-state index in [1.165, 1.54) is 32.1 Å². The number of nitrogens with zero attached hydrogens (tertiary/aromatic N) is 3. The zero-order valence-corrected chi connectivity index (χ0v) is 13.1. The van der Waals surface area contributed by atoms with E-state index in [-0.39, 0.29) is 0 Å². The molecule has 0 bridgehead atoms. The number of benzene rings is 1. The quantitative estimate of drug-likeness (QED) is 0.591. The summed E-state index contributed by atoms with van der Waals surface area (Å²) in [6.07, 6.45) is 8.37. The molecule has 1 heterocycles. The van der Waals surface area contributed by atoms with Crippen molar-refractivity contribution in [3.63, 3.8) is 0 Å². The van der Waals surface area contributed by atoms with E-state index in [4.69, 9.17) is 0 Å². The molecular formula is C17H21N3S. The van der Waals surface area contributed by atoms with Crippen molar-refractivity contribution in [1.82, 2.24) is 14.8 Å². The molecule has 4 heteroatoms. The third-order valence-corrected chi connectivity index (χ3v) is 4.91. The Morgan fingerprint density at radius 2 is 1.90 bits per heavy atom. The van der Waals surface area contributed by atoms with Crippen molar-refractivity contribution < 1.29 is 0 Å². The second kappa shape index (κ2) is 6.94. The smallest absolute Gasteiger partial charge is 0.192 e. The molecule has 1 aliphatic carbocycles. The zero-order valence-electron chi connectivity index (χ0n) is 12.2. The van der Waals surface area contributed by atoms with Crippen LogP contribution in [0.5, 0.6) is 0 Å². The third-order valence-electron chi connectivity index (χ3n) is 3.97. The molecule has 0 aliphatic heterocycles. The van der Waals surface area contributed by atoms with Crippen LogP contribution in [0.15, 0.2) is 48.1 Å². The van der Waals surface area contributed by atoms with Gasteiger partial charge in [-0.2, -0.15) is 0 Å². The van der Waals surface area contributed by atoms with Gasteiger partial charge in [-0.25, -0.2) is 0 Å². The Bertz CT molecular complexity index is 585. The van der Waals surface area contributed by atoms with Gasteiger partial charge in [-0.05, 0) is 12.8 Å². The average molecular weight is 299 g/mol. The standard InChI is InChI=1S/C17H21N3S/c1-2-13-21-17-19-18-16(14-9-5-3-6-10-14)20(17)15-11-7-4-8-12-15/h2-3,5-6,9-10,15H,1,4,7-8,11-13H2. The summed E-state index contributed by atoms with van der Waals surface area (Å²) < 4.78 is 2.36. The zero-order chi connectivity index (χ0) is 14.5. The van der Waals surface area contributed by atoms with Crippen LogP contribution in [0.4, 0.5) is 0 Å². The average Bonchev–Trinajstić information content (AvgIpc) is 2.98. The normalized spacial score (nSPS) is 16.0. The van der Waals surface area contributed by atoms with Gasteiger partial charge in [-0.1, -0.05) is 67.4 Å². The van der Waals surface area contributed by atoms with Crippen LogP contribution in [0.3, 0.4) is 0 Å². The minimum Gasteiger partial charge on any atom is -0.299 e. The van der Waals surface area contributed by atoms with Gasteiger partial charge < -0.3 is 0 Å². The molecule has 0 spiro atoms. The predicted octanol–water partition coefficient (Wildman–Crippen LogP) is 4.73. The first-order valence-electron chi connectivity index (χ1n) is 7.64. The van der Waals surface area contributed by atoms with E-state index in [1.54, 1.807) is 11.8 Å². The highest BCUT2D eigenvalue weighted by molar-refractivity contribution is 7.99. The van der Waals surface area contributed by atoms with Gasteiger partial charge in [0.1, 0.15) is 0 Å². The van der Waals surface area contributed by atoms with Crippen molar-refractivity contribution in [2.75, 3.05) is 5.75 Å². The number of aromatic nitrogens is 3. The monoisotopic (exact) mass is 299 g/mol. The molecule has 3 nitrogen and oxygen atoms in total. The second-order valence-corrected chi connectivity index (χ2v) is 6.42. The lowest BCUT2D eigenvalue weighted by Crippen LogP contribution is -2.15. The first-order chi connectivity index (χ1) is 10.4. The molecule has 0 atom stereocenters. The van der Waals surface area contributed by atoms with E-state index in [2.05, 4.69) is 45.6 Å². The van der Waals surface area contributed by atoms with Crippen LogP contribution in [0.25, 0.3) is 11.4 Å². The van der Waals surface area contributed by atoms with Crippen LogP contribution in [0.2, 0.25) is 0 Å². The van der Waals surface area contributed by atoms with E-state index in [0.717, 1.165) is 22.3 Å². The van der Waals surface area contributed by atoms with Crippen LogP contribution >= 0.6 is 11.8 Å². The van der Waals surface area contributed by atoms with E-state index in [0.29, 0.717) is 6.04 Å². The molecule has 1 saturated carbocycles. The van der Waals surface area contributed by atoms with Gasteiger partial charge >= 0.3 is 0 Å². The number of rotatable bonds is 5.